The van der Waals surface area contributed by atoms with E-state index in [-0.39, 0.29) is 30.7 Å². The lowest BCUT2D eigenvalue weighted by atomic mass is 9.82. The smallest absolute Gasteiger partial charge is 0.209 e. The second kappa shape index (κ2) is 10.7. The van der Waals surface area contributed by atoms with Crippen LogP contribution in [0.4, 0.5) is 0 Å². The van der Waals surface area contributed by atoms with Gasteiger partial charge in [0.05, 0.1) is 19.0 Å². The van der Waals surface area contributed by atoms with Crippen molar-refractivity contribution in [2.75, 3.05) is 26.0 Å². The molecule has 3 rings (SSSR count). The normalized spacial score (nSPS) is 30.0. The molecule has 0 aromatic heterocycles. The number of piperidine rings is 1. The number of benzene rings is 1. The molecule has 2 aliphatic rings. The highest BCUT2D eigenvalue weighted by Gasteiger charge is 2.33. The van der Waals surface area contributed by atoms with E-state index in [0.717, 1.165) is 56.2 Å². The standard InChI is InChI=1S/C22H34N2O5S/c1-16-11-12-23-20(22(16)24-30(2,26)27)15-29-18-9-7-17(8-10-18)19-5-3-4-6-21(19)28-14-13-25/h3-6,13,16-18,20,22-24H,7-12,14-15H2,1-2H3/t16-,17?,18?,20+,22+/m1/s1. The summed E-state index contributed by atoms with van der Waals surface area (Å²) >= 11 is 0. The Bertz CT molecular complexity index is 792. The van der Waals surface area contributed by atoms with Crippen molar-refractivity contribution in [3.63, 3.8) is 0 Å². The number of aldehydes is 1. The number of carbonyl (C=O) groups is 1. The fourth-order valence-corrected chi connectivity index (χ4v) is 5.55. The summed E-state index contributed by atoms with van der Waals surface area (Å²) in [7, 11) is -3.26. The zero-order valence-electron chi connectivity index (χ0n) is 17.9. The Morgan fingerprint density at radius 1 is 1.17 bits per heavy atom. The first kappa shape index (κ1) is 23.2. The van der Waals surface area contributed by atoms with Crippen LogP contribution in [0.3, 0.4) is 0 Å². The van der Waals surface area contributed by atoms with Crippen LogP contribution in [0.25, 0.3) is 0 Å². The fraction of sp³-hybridized carbons (Fsp3) is 0.682. The molecule has 1 aliphatic heterocycles. The fourth-order valence-electron chi connectivity index (χ4n) is 4.66. The Morgan fingerprint density at radius 3 is 2.60 bits per heavy atom. The van der Waals surface area contributed by atoms with Crippen LogP contribution in [0.5, 0.6) is 5.75 Å². The molecule has 7 nitrogen and oxygen atoms in total. The van der Waals surface area contributed by atoms with Gasteiger partial charge < -0.3 is 14.8 Å². The van der Waals surface area contributed by atoms with E-state index >= 15 is 0 Å². The second-order valence-electron chi connectivity index (χ2n) is 8.56. The maximum Gasteiger partial charge on any atom is 0.209 e. The molecule has 1 aliphatic carbocycles. The topological polar surface area (TPSA) is 93.7 Å². The van der Waals surface area contributed by atoms with Gasteiger partial charge >= 0.3 is 0 Å². The molecule has 1 saturated carbocycles. The molecule has 8 heteroatoms. The summed E-state index contributed by atoms with van der Waals surface area (Å²) in [5, 5.41) is 3.43. The third-order valence-electron chi connectivity index (χ3n) is 6.25. The van der Waals surface area contributed by atoms with Gasteiger partial charge in [0.2, 0.25) is 10.0 Å². The number of hydrogen-bond donors (Lipinski definition) is 2. The van der Waals surface area contributed by atoms with E-state index in [1.165, 1.54) is 6.26 Å². The monoisotopic (exact) mass is 438 g/mol. The highest BCUT2D eigenvalue weighted by atomic mass is 32.2. The summed E-state index contributed by atoms with van der Waals surface area (Å²) in [6.07, 6.45) is 7.04. The van der Waals surface area contributed by atoms with Crippen molar-refractivity contribution < 1.29 is 22.7 Å². The first-order chi connectivity index (χ1) is 14.4. The number of hydrogen-bond acceptors (Lipinski definition) is 6. The Morgan fingerprint density at radius 2 is 1.90 bits per heavy atom. The molecular weight excluding hydrogens is 404 g/mol. The lowest BCUT2D eigenvalue weighted by Gasteiger charge is -2.38. The highest BCUT2D eigenvalue weighted by molar-refractivity contribution is 7.88. The maximum atomic E-state index is 11.8. The summed E-state index contributed by atoms with van der Waals surface area (Å²) < 4.78 is 38.1. The number of rotatable bonds is 9. The van der Waals surface area contributed by atoms with Crippen molar-refractivity contribution >= 4 is 16.3 Å². The van der Waals surface area contributed by atoms with Gasteiger partial charge in [-0.05, 0) is 62.1 Å². The summed E-state index contributed by atoms with van der Waals surface area (Å²) in [6.45, 7) is 3.55. The number of ether oxygens (including phenoxy) is 2. The van der Waals surface area contributed by atoms with Gasteiger partial charge in [0.15, 0.2) is 6.29 Å². The minimum Gasteiger partial charge on any atom is -0.486 e. The zero-order valence-corrected chi connectivity index (χ0v) is 18.7. The zero-order chi connectivity index (χ0) is 21.6. The molecule has 2 N–H and O–H groups in total. The Labute approximate surface area is 180 Å². The van der Waals surface area contributed by atoms with Gasteiger partial charge in [0.1, 0.15) is 12.4 Å². The van der Waals surface area contributed by atoms with Gasteiger partial charge in [-0.2, -0.15) is 0 Å². The summed E-state index contributed by atoms with van der Waals surface area (Å²) in [4.78, 5) is 10.6. The quantitative estimate of drug-likeness (QED) is 0.574. The Balaban J connectivity index is 1.52. The van der Waals surface area contributed by atoms with Gasteiger partial charge in [-0.15, -0.1) is 0 Å². The SMILES string of the molecule is C[C@@H]1CCN[C@@H](COC2CCC(c3ccccc3OCC=O)CC2)[C@H]1NS(C)(=O)=O. The minimum absolute atomic E-state index is 0.0151. The molecule has 1 saturated heterocycles. The van der Waals surface area contributed by atoms with Gasteiger partial charge in [0.25, 0.3) is 0 Å². The summed E-state index contributed by atoms with van der Waals surface area (Å²) in [6, 6.07) is 7.78. The molecule has 3 atom stereocenters. The predicted molar refractivity (Wildman–Crippen MR) is 116 cm³/mol. The third kappa shape index (κ3) is 6.51. The molecule has 168 valence electrons. The lowest BCUT2D eigenvalue weighted by Crippen LogP contribution is -2.59. The first-order valence-electron chi connectivity index (χ1n) is 10.8. The van der Waals surface area contributed by atoms with E-state index < -0.39 is 10.0 Å². The summed E-state index contributed by atoms with van der Waals surface area (Å²) in [5.74, 6) is 1.47. The molecule has 1 heterocycles. The molecule has 0 amide bonds. The van der Waals surface area contributed by atoms with Crippen LogP contribution in [0.1, 0.15) is 50.5 Å². The summed E-state index contributed by atoms with van der Waals surface area (Å²) in [5.41, 5.74) is 1.16. The Hall–Kier alpha value is -1.48. The molecule has 0 bridgehead atoms. The molecule has 0 spiro atoms. The van der Waals surface area contributed by atoms with E-state index in [4.69, 9.17) is 9.47 Å². The van der Waals surface area contributed by atoms with Crippen LogP contribution < -0.4 is 14.8 Å². The van der Waals surface area contributed by atoms with Crippen LogP contribution in [-0.2, 0) is 19.6 Å². The van der Waals surface area contributed by atoms with E-state index in [2.05, 4.69) is 23.0 Å². The van der Waals surface area contributed by atoms with E-state index in [1.54, 1.807) is 0 Å². The van der Waals surface area contributed by atoms with Gasteiger partial charge in [-0.1, -0.05) is 25.1 Å². The molecular formula is C22H34N2O5S. The molecule has 1 aromatic rings. The minimum atomic E-state index is -3.26. The van der Waals surface area contributed by atoms with Crippen molar-refractivity contribution in [3.8, 4) is 5.75 Å². The van der Waals surface area contributed by atoms with Crippen LogP contribution in [0, 0.1) is 5.92 Å². The van der Waals surface area contributed by atoms with E-state index in [0.29, 0.717) is 12.5 Å². The van der Waals surface area contributed by atoms with Crippen molar-refractivity contribution in [3.05, 3.63) is 29.8 Å². The average molecular weight is 439 g/mol. The van der Waals surface area contributed by atoms with Gasteiger partial charge in [-0.25, -0.2) is 13.1 Å². The number of sulfonamides is 1. The molecule has 30 heavy (non-hydrogen) atoms. The number of para-hydroxylation sites is 1. The predicted octanol–water partition coefficient (Wildman–Crippen LogP) is 2.22. The molecule has 1 aromatic carbocycles. The van der Waals surface area contributed by atoms with Crippen LogP contribution in [-0.4, -0.2) is 58.9 Å². The highest BCUT2D eigenvalue weighted by Crippen LogP contribution is 2.38. The van der Waals surface area contributed by atoms with Crippen LogP contribution in [0.2, 0.25) is 0 Å². The van der Waals surface area contributed by atoms with Crippen molar-refractivity contribution in [1.29, 1.82) is 0 Å². The van der Waals surface area contributed by atoms with Crippen LogP contribution in [0.15, 0.2) is 24.3 Å². The second-order valence-corrected chi connectivity index (χ2v) is 10.3. The lowest BCUT2D eigenvalue weighted by molar-refractivity contribution is -0.109. The van der Waals surface area contributed by atoms with E-state index in [9.17, 15) is 13.2 Å². The maximum absolute atomic E-state index is 11.8. The number of nitrogens with one attached hydrogen (secondary N) is 2. The van der Waals surface area contributed by atoms with Crippen molar-refractivity contribution in [2.45, 2.75) is 63.1 Å². The average Bonchev–Trinajstić information content (AvgIpc) is 2.72. The number of carbonyl (C=O) groups excluding carboxylic acids is 1. The molecule has 2 fully saturated rings. The molecule has 0 radical (unpaired) electrons. The van der Waals surface area contributed by atoms with E-state index in [1.807, 2.05) is 18.2 Å². The molecule has 0 unspecified atom stereocenters. The van der Waals surface area contributed by atoms with Gasteiger partial charge in [-0.3, -0.25) is 4.79 Å². The first-order valence-corrected chi connectivity index (χ1v) is 12.7. The van der Waals surface area contributed by atoms with Crippen molar-refractivity contribution in [1.82, 2.24) is 10.0 Å². The van der Waals surface area contributed by atoms with Gasteiger partial charge in [0, 0.05) is 12.1 Å². The largest absolute Gasteiger partial charge is 0.486 e. The Kier molecular flexibility index (Phi) is 8.27. The van der Waals surface area contributed by atoms with Crippen LogP contribution >= 0.6 is 0 Å². The van der Waals surface area contributed by atoms with Crippen molar-refractivity contribution in [2.24, 2.45) is 5.92 Å². The third-order valence-corrected chi connectivity index (χ3v) is 6.95.